The summed E-state index contributed by atoms with van der Waals surface area (Å²) < 4.78 is 0. The molecule has 0 heterocycles. The fraction of sp³-hybridized carbons (Fsp3) is 0.625. The van der Waals surface area contributed by atoms with Crippen LogP contribution in [0.3, 0.4) is 0 Å². The highest BCUT2D eigenvalue weighted by Gasteiger charge is 2.41. The Labute approximate surface area is 126 Å². The summed E-state index contributed by atoms with van der Waals surface area (Å²) in [5.74, 6) is 0.689. The van der Waals surface area contributed by atoms with Gasteiger partial charge in [0.25, 0.3) is 0 Å². The van der Waals surface area contributed by atoms with Gasteiger partial charge in [-0.3, -0.25) is 0 Å². The maximum absolute atomic E-state index is 6.21. The average molecular weight is 300 g/mol. The van der Waals surface area contributed by atoms with Crippen LogP contribution in [-0.2, 0) is 5.41 Å². The molecule has 1 aromatic rings. The van der Waals surface area contributed by atoms with Crippen LogP contribution >= 0.6 is 23.2 Å². The zero-order chi connectivity index (χ0) is 13.9. The first kappa shape index (κ1) is 15.2. The quantitative estimate of drug-likeness (QED) is 0.750. The van der Waals surface area contributed by atoms with Gasteiger partial charge in [-0.25, -0.2) is 0 Å². The van der Waals surface area contributed by atoms with E-state index in [-0.39, 0.29) is 5.41 Å². The molecule has 106 valence electrons. The molecule has 2 rings (SSSR count). The summed E-state index contributed by atoms with van der Waals surface area (Å²) in [4.78, 5) is 0. The van der Waals surface area contributed by atoms with Crippen molar-refractivity contribution in [3.63, 3.8) is 0 Å². The van der Waals surface area contributed by atoms with E-state index in [9.17, 15) is 0 Å². The molecule has 2 atom stereocenters. The van der Waals surface area contributed by atoms with Gasteiger partial charge in [-0.2, -0.15) is 0 Å². The molecular formula is C16H23Cl2N. The van der Waals surface area contributed by atoms with Crippen molar-refractivity contribution in [2.75, 3.05) is 13.1 Å². The summed E-state index contributed by atoms with van der Waals surface area (Å²) in [6.45, 7) is 6.69. The molecule has 1 aliphatic carbocycles. The Morgan fingerprint density at radius 1 is 1.32 bits per heavy atom. The van der Waals surface area contributed by atoms with Crippen LogP contribution in [0.2, 0.25) is 10.0 Å². The first-order valence-electron chi connectivity index (χ1n) is 7.26. The van der Waals surface area contributed by atoms with E-state index >= 15 is 0 Å². The monoisotopic (exact) mass is 299 g/mol. The van der Waals surface area contributed by atoms with Crippen LogP contribution in [-0.4, -0.2) is 13.1 Å². The first-order valence-corrected chi connectivity index (χ1v) is 8.02. The van der Waals surface area contributed by atoms with Crippen LogP contribution in [0.1, 0.15) is 45.1 Å². The predicted octanol–water partition coefficient (Wildman–Crippen LogP) is 5.05. The molecule has 0 saturated heterocycles. The lowest BCUT2D eigenvalue weighted by molar-refractivity contribution is 0.318. The maximum Gasteiger partial charge on any atom is 0.0595 e. The van der Waals surface area contributed by atoms with Crippen molar-refractivity contribution in [1.82, 2.24) is 5.32 Å². The highest BCUT2D eigenvalue weighted by molar-refractivity contribution is 6.42. The largest absolute Gasteiger partial charge is 0.316 e. The molecule has 0 bridgehead atoms. The molecule has 0 aromatic heterocycles. The van der Waals surface area contributed by atoms with E-state index < -0.39 is 0 Å². The molecule has 1 fully saturated rings. The smallest absolute Gasteiger partial charge is 0.0595 e. The van der Waals surface area contributed by atoms with E-state index in [0.717, 1.165) is 13.1 Å². The lowest BCUT2D eigenvalue weighted by Gasteiger charge is -2.35. The number of nitrogens with one attached hydrogen (secondary N) is 1. The van der Waals surface area contributed by atoms with Crippen LogP contribution in [0, 0.1) is 5.92 Å². The molecule has 1 aliphatic rings. The zero-order valence-electron chi connectivity index (χ0n) is 11.8. The van der Waals surface area contributed by atoms with E-state index in [1.54, 1.807) is 0 Å². The molecule has 1 saturated carbocycles. The van der Waals surface area contributed by atoms with Crippen LogP contribution in [0.4, 0.5) is 0 Å². The third kappa shape index (κ3) is 3.09. The van der Waals surface area contributed by atoms with Gasteiger partial charge in [0.1, 0.15) is 0 Å². The Kier molecular flexibility index (Phi) is 5.16. The second-order valence-electron chi connectivity index (χ2n) is 5.76. The highest BCUT2D eigenvalue weighted by Crippen LogP contribution is 2.46. The van der Waals surface area contributed by atoms with Crippen molar-refractivity contribution in [1.29, 1.82) is 0 Å². The molecule has 1 N–H and O–H groups in total. The molecule has 0 spiro atoms. The van der Waals surface area contributed by atoms with Crippen LogP contribution in [0.15, 0.2) is 18.2 Å². The van der Waals surface area contributed by atoms with Crippen molar-refractivity contribution in [2.45, 2.75) is 44.9 Å². The minimum atomic E-state index is 0.226. The molecule has 2 unspecified atom stereocenters. The van der Waals surface area contributed by atoms with Gasteiger partial charge in [0.05, 0.1) is 10.0 Å². The maximum atomic E-state index is 6.21. The van der Waals surface area contributed by atoms with Gasteiger partial charge in [-0.15, -0.1) is 0 Å². The van der Waals surface area contributed by atoms with Crippen molar-refractivity contribution < 1.29 is 0 Å². The van der Waals surface area contributed by atoms with E-state index in [1.807, 2.05) is 6.07 Å². The van der Waals surface area contributed by atoms with Gasteiger partial charge in [0, 0.05) is 12.0 Å². The summed E-state index contributed by atoms with van der Waals surface area (Å²) in [7, 11) is 0. The fourth-order valence-corrected chi connectivity index (χ4v) is 3.63. The first-order chi connectivity index (χ1) is 9.10. The Bertz CT molecular complexity index is 433. The summed E-state index contributed by atoms with van der Waals surface area (Å²) in [5.41, 5.74) is 1.57. The average Bonchev–Trinajstić information content (AvgIpc) is 2.76. The van der Waals surface area contributed by atoms with Gasteiger partial charge in [-0.05, 0) is 49.4 Å². The highest BCUT2D eigenvalue weighted by atomic mass is 35.5. The van der Waals surface area contributed by atoms with Crippen LogP contribution < -0.4 is 5.32 Å². The van der Waals surface area contributed by atoms with E-state index in [2.05, 4.69) is 31.3 Å². The van der Waals surface area contributed by atoms with Gasteiger partial charge in [0.15, 0.2) is 0 Å². The van der Waals surface area contributed by atoms with Gasteiger partial charge in [0.2, 0.25) is 0 Å². The topological polar surface area (TPSA) is 12.0 Å². The standard InChI is InChI=1S/C16H23Cl2N/c1-3-9-19-11-16(8-4-5-12(16)2)13-6-7-14(17)15(18)10-13/h6-7,10,12,19H,3-5,8-9,11H2,1-2H3. The Morgan fingerprint density at radius 2 is 2.11 bits per heavy atom. The second kappa shape index (κ2) is 6.47. The number of hydrogen-bond acceptors (Lipinski definition) is 1. The summed E-state index contributed by atoms with van der Waals surface area (Å²) in [6, 6.07) is 6.16. The lowest BCUT2D eigenvalue weighted by atomic mass is 9.73. The molecule has 19 heavy (non-hydrogen) atoms. The van der Waals surface area contributed by atoms with Crippen molar-refractivity contribution >= 4 is 23.2 Å². The Balaban J connectivity index is 2.28. The number of hydrogen-bond donors (Lipinski definition) is 1. The van der Waals surface area contributed by atoms with Crippen LogP contribution in [0.5, 0.6) is 0 Å². The SMILES string of the molecule is CCCNCC1(c2ccc(Cl)c(Cl)c2)CCCC1C. The molecule has 1 nitrogen and oxygen atoms in total. The minimum absolute atomic E-state index is 0.226. The molecular weight excluding hydrogens is 277 g/mol. The van der Waals surface area contributed by atoms with Gasteiger partial charge >= 0.3 is 0 Å². The van der Waals surface area contributed by atoms with Crippen molar-refractivity contribution in [3.05, 3.63) is 33.8 Å². The lowest BCUT2D eigenvalue weighted by Crippen LogP contribution is -2.40. The Hall–Kier alpha value is -0.240. The van der Waals surface area contributed by atoms with E-state index in [4.69, 9.17) is 23.2 Å². The molecule has 3 heteroatoms. The minimum Gasteiger partial charge on any atom is -0.316 e. The summed E-state index contributed by atoms with van der Waals surface area (Å²) in [6.07, 6.45) is 5.01. The van der Waals surface area contributed by atoms with Crippen LogP contribution in [0.25, 0.3) is 0 Å². The molecule has 0 aliphatic heterocycles. The fourth-order valence-electron chi connectivity index (χ4n) is 3.33. The molecule has 0 amide bonds. The Morgan fingerprint density at radius 3 is 2.68 bits per heavy atom. The normalized spacial score (nSPS) is 26.8. The van der Waals surface area contributed by atoms with Crippen molar-refractivity contribution in [2.24, 2.45) is 5.92 Å². The third-order valence-electron chi connectivity index (χ3n) is 4.57. The van der Waals surface area contributed by atoms with Crippen molar-refractivity contribution in [3.8, 4) is 0 Å². The number of rotatable bonds is 5. The van der Waals surface area contributed by atoms with E-state index in [0.29, 0.717) is 16.0 Å². The van der Waals surface area contributed by atoms with Gasteiger partial charge < -0.3 is 5.32 Å². The number of halogens is 2. The summed E-state index contributed by atoms with van der Waals surface area (Å²) in [5, 5.41) is 4.92. The molecule has 0 radical (unpaired) electrons. The van der Waals surface area contributed by atoms with E-state index in [1.165, 1.54) is 31.2 Å². The third-order valence-corrected chi connectivity index (χ3v) is 5.30. The number of benzene rings is 1. The predicted molar refractivity (Wildman–Crippen MR) is 84.3 cm³/mol. The zero-order valence-corrected chi connectivity index (χ0v) is 13.3. The molecule has 1 aromatic carbocycles. The second-order valence-corrected chi connectivity index (χ2v) is 6.57. The summed E-state index contributed by atoms with van der Waals surface area (Å²) >= 11 is 12.3. The van der Waals surface area contributed by atoms with Gasteiger partial charge in [-0.1, -0.05) is 49.5 Å².